The van der Waals surface area contributed by atoms with E-state index in [1.165, 1.54) is 12.3 Å². The van der Waals surface area contributed by atoms with Crippen LogP contribution in [0.15, 0.2) is 17.3 Å². The predicted molar refractivity (Wildman–Crippen MR) is 62.0 cm³/mol. The van der Waals surface area contributed by atoms with Crippen molar-refractivity contribution in [3.63, 3.8) is 0 Å². The Hall–Kier alpha value is -0.920. The summed E-state index contributed by atoms with van der Waals surface area (Å²) in [6, 6.07) is 1.35. The van der Waals surface area contributed by atoms with E-state index in [0.717, 1.165) is 0 Å². The first kappa shape index (κ1) is 12.5. The molecule has 0 amide bonds. The van der Waals surface area contributed by atoms with Crippen molar-refractivity contribution in [2.24, 2.45) is 0 Å². The molecule has 1 aromatic heterocycles. The second-order valence-electron chi connectivity index (χ2n) is 4.84. The van der Waals surface area contributed by atoms with Gasteiger partial charge in [0.1, 0.15) is 0 Å². The molecule has 1 aromatic rings. The zero-order valence-electron chi connectivity index (χ0n) is 9.93. The number of ether oxygens (including phenoxy) is 1. The summed E-state index contributed by atoms with van der Waals surface area (Å²) in [6.45, 7) is 4.50. The first-order valence-corrected chi connectivity index (χ1v) is 7.03. The van der Waals surface area contributed by atoms with Crippen molar-refractivity contribution in [2.45, 2.75) is 43.4 Å². The normalized spacial score (nSPS) is 24.7. The molecule has 2 rings (SSSR count). The average Bonchev–Trinajstić information content (AvgIpc) is 2.67. The van der Waals surface area contributed by atoms with Gasteiger partial charge in [-0.15, -0.1) is 0 Å². The summed E-state index contributed by atoms with van der Waals surface area (Å²) in [5.41, 5.74) is -0.278. The lowest BCUT2D eigenvalue weighted by Crippen LogP contribution is -2.45. The molecule has 0 radical (unpaired) electrons. The maximum atomic E-state index is 11.9. The summed E-state index contributed by atoms with van der Waals surface area (Å²) in [7, 11) is -3.49. The Balaban J connectivity index is 2.06. The highest BCUT2D eigenvalue weighted by Crippen LogP contribution is 2.24. The smallest absolute Gasteiger partial charge is 0.257 e. The number of nitrogens with one attached hydrogen (secondary N) is 2. The summed E-state index contributed by atoms with van der Waals surface area (Å²) in [5.74, 6) is 0. The van der Waals surface area contributed by atoms with E-state index in [0.29, 0.717) is 19.4 Å². The van der Waals surface area contributed by atoms with Crippen molar-refractivity contribution >= 4 is 10.0 Å². The third-order valence-corrected chi connectivity index (χ3v) is 4.23. The van der Waals surface area contributed by atoms with Crippen molar-refractivity contribution in [3.05, 3.63) is 12.3 Å². The Morgan fingerprint density at radius 1 is 1.59 bits per heavy atom. The van der Waals surface area contributed by atoms with Crippen molar-refractivity contribution in [3.8, 4) is 0 Å². The molecule has 1 atom stereocenters. The first-order chi connectivity index (χ1) is 7.89. The van der Waals surface area contributed by atoms with Crippen molar-refractivity contribution in [2.75, 3.05) is 6.61 Å². The van der Waals surface area contributed by atoms with Gasteiger partial charge in [-0.1, -0.05) is 0 Å². The molecule has 1 fully saturated rings. The van der Waals surface area contributed by atoms with Crippen LogP contribution in [0.3, 0.4) is 0 Å². The van der Waals surface area contributed by atoms with Crippen molar-refractivity contribution in [1.29, 1.82) is 0 Å². The summed E-state index contributed by atoms with van der Waals surface area (Å²) in [5, 5.41) is 6.20. The highest BCUT2D eigenvalue weighted by molar-refractivity contribution is 7.89. The number of aromatic amines is 1. The molecule has 0 saturated carbocycles. The minimum Gasteiger partial charge on any atom is -0.375 e. The Morgan fingerprint density at radius 3 is 2.94 bits per heavy atom. The molecule has 2 N–H and O–H groups in total. The van der Waals surface area contributed by atoms with Gasteiger partial charge in [0, 0.05) is 12.6 Å². The van der Waals surface area contributed by atoms with E-state index in [-0.39, 0.29) is 16.7 Å². The van der Waals surface area contributed by atoms with Crippen LogP contribution in [0.25, 0.3) is 0 Å². The number of nitrogens with zero attached hydrogens (tertiary/aromatic N) is 1. The molecule has 1 unspecified atom stereocenters. The van der Waals surface area contributed by atoms with Crippen LogP contribution in [0.2, 0.25) is 0 Å². The van der Waals surface area contributed by atoms with E-state index < -0.39 is 10.0 Å². The third-order valence-electron chi connectivity index (χ3n) is 2.78. The van der Waals surface area contributed by atoms with Gasteiger partial charge in [0.2, 0.25) is 0 Å². The minimum absolute atomic E-state index is 0.0907. The lowest BCUT2D eigenvalue weighted by molar-refractivity contribution is -0.0599. The van der Waals surface area contributed by atoms with E-state index in [4.69, 9.17) is 4.74 Å². The number of sulfonamides is 1. The maximum absolute atomic E-state index is 11.9. The fraction of sp³-hybridized carbons (Fsp3) is 0.700. The zero-order chi connectivity index (χ0) is 12.5. The largest absolute Gasteiger partial charge is 0.375 e. The molecule has 0 bridgehead atoms. The van der Waals surface area contributed by atoms with E-state index in [9.17, 15) is 8.42 Å². The molecule has 1 aliphatic rings. The standard InChI is InChI=1S/C10H17N3O3S/c1-10(2)7-8(4-6-16-10)13-17(14,15)9-3-5-11-12-9/h3,5,8,13H,4,6-7H2,1-2H3,(H,11,12). The second-order valence-corrected chi connectivity index (χ2v) is 6.52. The minimum atomic E-state index is -3.49. The molecular formula is C10H17N3O3S. The number of hydrogen-bond donors (Lipinski definition) is 2. The van der Waals surface area contributed by atoms with Gasteiger partial charge in [0.25, 0.3) is 10.0 Å². The lowest BCUT2D eigenvalue weighted by atomic mass is 9.95. The second kappa shape index (κ2) is 4.40. The molecule has 7 heteroatoms. The Morgan fingerprint density at radius 2 is 2.35 bits per heavy atom. The van der Waals surface area contributed by atoms with Crippen molar-refractivity contribution < 1.29 is 13.2 Å². The van der Waals surface area contributed by atoms with Crippen molar-refractivity contribution in [1.82, 2.24) is 14.9 Å². The van der Waals surface area contributed by atoms with Crippen LogP contribution in [-0.2, 0) is 14.8 Å². The van der Waals surface area contributed by atoms with Gasteiger partial charge in [-0.2, -0.15) is 5.10 Å². The topological polar surface area (TPSA) is 84.1 Å². The van der Waals surface area contributed by atoms with E-state index in [1.807, 2.05) is 13.8 Å². The third kappa shape index (κ3) is 3.05. The predicted octanol–water partition coefficient (Wildman–Crippen LogP) is 0.646. The molecule has 2 heterocycles. The molecule has 0 spiro atoms. The maximum Gasteiger partial charge on any atom is 0.257 e. The SMILES string of the molecule is CC1(C)CC(NS(=O)(=O)c2ccn[nH]2)CCO1. The van der Waals surface area contributed by atoms with E-state index >= 15 is 0 Å². The van der Waals surface area contributed by atoms with E-state index in [2.05, 4.69) is 14.9 Å². The fourth-order valence-electron chi connectivity index (χ4n) is 2.01. The summed E-state index contributed by atoms with van der Waals surface area (Å²) >= 11 is 0. The van der Waals surface area contributed by atoms with Gasteiger partial charge in [0.15, 0.2) is 5.03 Å². The van der Waals surface area contributed by atoms with Crippen LogP contribution < -0.4 is 4.72 Å². The Labute approximate surface area is 101 Å². The lowest BCUT2D eigenvalue weighted by Gasteiger charge is -2.35. The number of hydrogen-bond acceptors (Lipinski definition) is 4. The average molecular weight is 259 g/mol. The van der Waals surface area contributed by atoms with Gasteiger partial charge in [-0.25, -0.2) is 13.1 Å². The fourth-order valence-corrected chi connectivity index (χ4v) is 3.19. The van der Waals surface area contributed by atoms with Gasteiger partial charge < -0.3 is 4.74 Å². The summed E-state index contributed by atoms with van der Waals surface area (Å²) < 4.78 is 32.1. The number of rotatable bonds is 3. The Kier molecular flexibility index (Phi) is 3.24. The number of aromatic nitrogens is 2. The molecule has 1 saturated heterocycles. The molecule has 0 aromatic carbocycles. The van der Waals surface area contributed by atoms with Gasteiger partial charge in [-0.05, 0) is 32.8 Å². The summed E-state index contributed by atoms with van der Waals surface area (Å²) in [6.07, 6.45) is 2.78. The summed E-state index contributed by atoms with van der Waals surface area (Å²) in [4.78, 5) is 0. The van der Waals surface area contributed by atoms with Gasteiger partial charge in [0.05, 0.1) is 11.8 Å². The quantitative estimate of drug-likeness (QED) is 0.834. The van der Waals surface area contributed by atoms with Crippen LogP contribution in [0.1, 0.15) is 26.7 Å². The molecule has 1 aliphatic heterocycles. The van der Waals surface area contributed by atoms with Crippen LogP contribution in [-0.4, -0.2) is 36.9 Å². The molecule has 6 nitrogen and oxygen atoms in total. The van der Waals surface area contributed by atoms with Crippen LogP contribution in [0, 0.1) is 0 Å². The molecule has 0 aliphatic carbocycles. The van der Waals surface area contributed by atoms with Gasteiger partial charge in [-0.3, -0.25) is 5.10 Å². The highest BCUT2D eigenvalue weighted by Gasteiger charge is 2.31. The van der Waals surface area contributed by atoms with Gasteiger partial charge >= 0.3 is 0 Å². The monoisotopic (exact) mass is 259 g/mol. The first-order valence-electron chi connectivity index (χ1n) is 5.55. The van der Waals surface area contributed by atoms with Crippen LogP contribution >= 0.6 is 0 Å². The van der Waals surface area contributed by atoms with E-state index in [1.54, 1.807) is 0 Å². The highest BCUT2D eigenvalue weighted by atomic mass is 32.2. The zero-order valence-corrected chi connectivity index (χ0v) is 10.8. The molecular weight excluding hydrogens is 242 g/mol. The van der Waals surface area contributed by atoms with Crippen LogP contribution in [0.5, 0.6) is 0 Å². The molecule has 17 heavy (non-hydrogen) atoms. The van der Waals surface area contributed by atoms with Crippen LogP contribution in [0.4, 0.5) is 0 Å². The number of H-pyrrole nitrogens is 1. The molecule has 96 valence electrons. The Bertz CT molecular complexity index is 467.